The van der Waals surface area contributed by atoms with Gasteiger partial charge in [-0.1, -0.05) is 23.8 Å². The molecule has 0 aliphatic heterocycles. The van der Waals surface area contributed by atoms with Gasteiger partial charge in [0.2, 0.25) is 5.91 Å². The Morgan fingerprint density at radius 3 is 2.30 bits per heavy atom. The molecule has 2 aromatic rings. The van der Waals surface area contributed by atoms with Crippen LogP contribution in [0.4, 0.5) is 16.2 Å². The summed E-state index contributed by atoms with van der Waals surface area (Å²) in [6.45, 7) is 3.47. The van der Waals surface area contributed by atoms with Crippen LogP contribution in [0.15, 0.2) is 48.5 Å². The van der Waals surface area contributed by atoms with Crippen molar-refractivity contribution in [3.63, 3.8) is 0 Å². The standard InChI is InChI=1S/C17H19N3O3/c1-12-6-8-16(9-7-12)23-11-18-17(22)20-15-5-3-4-14(10-15)19-13(2)21/h3-10H,11H2,1-2H3,(H,19,21)(H2,18,20,22). The van der Waals surface area contributed by atoms with Gasteiger partial charge in [-0.05, 0) is 37.3 Å². The van der Waals surface area contributed by atoms with Gasteiger partial charge in [0.25, 0.3) is 0 Å². The van der Waals surface area contributed by atoms with Gasteiger partial charge in [0.05, 0.1) is 0 Å². The number of aryl methyl sites for hydroxylation is 1. The van der Waals surface area contributed by atoms with Gasteiger partial charge >= 0.3 is 6.03 Å². The molecule has 0 heterocycles. The SMILES string of the molecule is CC(=O)Nc1cccc(NC(=O)NCOc2ccc(C)cc2)c1. The van der Waals surface area contributed by atoms with Crippen molar-refractivity contribution in [3.05, 3.63) is 54.1 Å². The zero-order chi connectivity index (χ0) is 16.7. The van der Waals surface area contributed by atoms with E-state index >= 15 is 0 Å². The predicted molar refractivity (Wildman–Crippen MR) is 89.6 cm³/mol. The average molecular weight is 313 g/mol. The number of carbonyl (C=O) groups is 2. The van der Waals surface area contributed by atoms with Crippen LogP contribution in [0.25, 0.3) is 0 Å². The average Bonchev–Trinajstić information content (AvgIpc) is 2.49. The summed E-state index contributed by atoms with van der Waals surface area (Å²) in [5, 5.41) is 7.92. The lowest BCUT2D eigenvalue weighted by Crippen LogP contribution is -2.32. The van der Waals surface area contributed by atoms with Gasteiger partial charge in [-0.3, -0.25) is 4.79 Å². The quantitative estimate of drug-likeness (QED) is 0.742. The first kappa shape index (κ1) is 16.4. The van der Waals surface area contributed by atoms with Crippen molar-refractivity contribution in [3.8, 4) is 5.75 Å². The molecule has 0 bridgehead atoms. The summed E-state index contributed by atoms with van der Waals surface area (Å²) in [6.07, 6.45) is 0. The van der Waals surface area contributed by atoms with Crippen molar-refractivity contribution in [2.75, 3.05) is 17.4 Å². The molecular weight excluding hydrogens is 294 g/mol. The zero-order valence-corrected chi connectivity index (χ0v) is 13.1. The highest BCUT2D eigenvalue weighted by atomic mass is 16.5. The Morgan fingerprint density at radius 2 is 1.65 bits per heavy atom. The largest absolute Gasteiger partial charge is 0.473 e. The van der Waals surface area contributed by atoms with Gasteiger partial charge in [0.1, 0.15) is 5.75 Å². The maximum absolute atomic E-state index is 11.8. The maximum Gasteiger partial charge on any atom is 0.321 e. The predicted octanol–water partition coefficient (Wildman–Crippen LogP) is 3.11. The Hall–Kier alpha value is -3.02. The van der Waals surface area contributed by atoms with E-state index in [1.54, 1.807) is 24.3 Å². The minimum absolute atomic E-state index is 0.0558. The number of carbonyl (C=O) groups excluding carboxylic acids is 2. The van der Waals surface area contributed by atoms with E-state index in [9.17, 15) is 9.59 Å². The highest BCUT2D eigenvalue weighted by Crippen LogP contribution is 2.15. The minimum atomic E-state index is -0.392. The summed E-state index contributed by atoms with van der Waals surface area (Å²) in [4.78, 5) is 22.8. The number of rotatable bonds is 5. The molecular formula is C17H19N3O3. The molecule has 3 amide bonds. The Bertz CT molecular complexity index is 684. The second-order valence-corrected chi connectivity index (χ2v) is 4.99. The van der Waals surface area contributed by atoms with Crippen LogP contribution in [0.3, 0.4) is 0 Å². The first-order chi connectivity index (χ1) is 11.0. The van der Waals surface area contributed by atoms with Crippen LogP contribution in [0.1, 0.15) is 12.5 Å². The van der Waals surface area contributed by atoms with Gasteiger partial charge in [-0.25, -0.2) is 4.79 Å². The maximum atomic E-state index is 11.8. The van der Waals surface area contributed by atoms with E-state index < -0.39 is 6.03 Å². The molecule has 0 saturated heterocycles. The van der Waals surface area contributed by atoms with E-state index in [1.807, 2.05) is 31.2 Å². The van der Waals surface area contributed by atoms with Gasteiger partial charge in [-0.15, -0.1) is 0 Å². The molecule has 6 heteroatoms. The molecule has 2 aromatic carbocycles. The summed E-state index contributed by atoms with van der Waals surface area (Å²) in [5.41, 5.74) is 2.33. The number of amides is 3. The molecule has 0 radical (unpaired) electrons. The number of hydrogen-bond acceptors (Lipinski definition) is 3. The summed E-state index contributed by atoms with van der Waals surface area (Å²) < 4.78 is 5.42. The van der Waals surface area contributed by atoms with E-state index in [4.69, 9.17) is 4.74 Å². The topological polar surface area (TPSA) is 79.5 Å². The lowest BCUT2D eigenvalue weighted by molar-refractivity contribution is -0.114. The summed E-state index contributed by atoms with van der Waals surface area (Å²) in [6, 6.07) is 14.0. The molecule has 120 valence electrons. The molecule has 0 spiro atoms. The van der Waals surface area contributed by atoms with E-state index in [2.05, 4.69) is 16.0 Å². The van der Waals surface area contributed by atoms with E-state index in [0.29, 0.717) is 17.1 Å². The molecule has 0 saturated carbocycles. The second kappa shape index (κ2) is 7.84. The molecule has 3 N–H and O–H groups in total. The van der Waals surface area contributed by atoms with Crippen LogP contribution in [0.5, 0.6) is 5.75 Å². The molecule has 0 aliphatic carbocycles. The Balaban J connectivity index is 1.80. The third-order valence-corrected chi connectivity index (χ3v) is 2.93. The van der Waals surface area contributed by atoms with Crippen molar-refractivity contribution in [2.45, 2.75) is 13.8 Å². The molecule has 6 nitrogen and oxygen atoms in total. The molecule has 0 aromatic heterocycles. The van der Waals surface area contributed by atoms with Crippen LogP contribution in [0.2, 0.25) is 0 Å². The summed E-state index contributed by atoms with van der Waals surface area (Å²) in [5.74, 6) is 0.515. The number of nitrogens with one attached hydrogen (secondary N) is 3. The highest BCUT2D eigenvalue weighted by Gasteiger charge is 2.03. The fraction of sp³-hybridized carbons (Fsp3) is 0.176. The van der Waals surface area contributed by atoms with Crippen molar-refractivity contribution in [1.29, 1.82) is 0 Å². The van der Waals surface area contributed by atoms with Gasteiger partial charge in [-0.2, -0.15) is 0 Å². The Kier molecular flexibility index (Phi) is 5.57. The Labute approximate surface area is 134 Å². The second-order valence-electron chi connectivity index (χ2n) is 4.99. The van der Waals surface area contributed by atoms with Gasteiger partial charge < -0.3 is 20.7 Å². The van der Waals surface area contributed by atoms with Crippen molar-refractivity contribution >= 4 is 23.3 Å². The minimum Gasteiger partial charge on any atom is -0.473 e. The number of ether oxygens (including phenoxy) is 1. The van der Waals surface area contributed by atoms with Crippen LogP contribution < -0.4 is 20.7 Å². The first-order valence-corrected chi connectivity index (χ1v) is 7.15. The van der Waals surface area contributed by atoms with Crippen LogP contribution >= 0.6 is 0 Å². The Morgan fingerprint density at radius 1 is 1.00 bits per heavy atom. The number of urea groups is 1. The number of benzene rings is 2. The normalized spacial score (nSPS) is 9.83. The fourth-order valence-electron chi connectivity index (χ4n) is 1.87. The molecule has 0 unspecified atom stereocenters. The smallest absolute Gasteiger partial charge is 0.321 e. The van der Waals surface area contributed by atoms with Crippen LogP contribution in [-0.2, 0) is 4.79 Å². The monoisotopic (exact) mass is 313 g/mol. The fourth-order valence-corrected chi connectivity index (χ4v) is 1.87. The third-order valence-electron chi connectivity index (χ3n) is 2.93. The molecule has 0 aliphatic rings. The number of hydrogen-bond donors (Lipinski definition) is 3. The summed E-state index contributed by atoms with van der Waals surface area (Å²) >= 11 is 0. The van der Waals surface area contributed by atoms with E-state index in [1.165, 1.54) is 6.92 Å². The van der Waals surface area contributed by atoms with E-state index in [0.717, 1.165) is 5.56 Å². The summed E-state index contributed by atoms with van der Waals surface area (Å²) in [7, 11) is 0. The lowest BCUT2D eigenvalue weighted by Gasteiger charge is -2.10. The molecule has 2 rings (SSSR count). The van der Waals surface area contributed by atoms with Crippen molar-refractivity contribution in [2.24, 2.45) is 0 Å². The molecule has 0 atom stereocenters. The first-order valence-electron chi connectivity index (χ1n) is 7.15. The van der Waals surface area contributed by atoms with Crippen LogP contribution in [-0.4, -0.2) is 18.7 Å². The highest BCUT2D eigenvalue weighted by molar-refractivity contribution is 5.92. The van der Waals surface area contributed by atoms with Crippen molar-refractivity contribution in [1.82, 2.24) is 5.32 Å². The van der Waals surface area contributed by atoms with Crippen LogP contribution in [0, 0.1) is 6.92 Å². The van der Waals surface area contributed by atoms with E-state index in [-0.39, 0.29) is 12.6 Å². The third kappa shape index (κ3) is 5.70. The van der Waals surface area contributed by atoms with Gasteiger partial charge in [0, 0.05) is 18.3 Å². The lowest BCUT2D eigenvalue weighted by atomic mass is 10.2. The number of anilines is 2. The molecule has 23 heavy (non-hydrogen) atoms. The zero-order valence-electron chi connectivity index (χ0n) is 13.1. The van der Waals surface area contributed by atoms with Gasteiger partial charge in [0.15, 0.2) is 6.73 Å². The van der Waals surface area contributed by atoms with Crippen molar-refractivity contribution < 1.29 is 14.3 Å². The molecule has 0 fully saturated rings.